The first kappa shape index (κ1) is 13.6. The van der Waals surface area contributed by atoms with Gasteiger partial charge < -0.3 is 10.0 Å². The number of nitriles is 1. The van der Waals surface area contributed by atoms with Crippen molar-refractivity contribution < 1.29 is 9.90 Å². The predicted molar refractivity (Wildman–Crippen MR) is 71.6 cm³/mol. The minimum atomic E-state index is -0.897. The fourth-order valence-electron chi connectivity index (χ4n) is 2.43. The standard InChI is InChI=1S/C15H18N2O2/c1-17(11-15(6-7-15)8-9-16)10-12-2-4-13(5-3-12)14(18)19/h2-5H,6-8,10-11H2,1H3,(H,18,19). The van der Waals surface area contributed by atoms with Gasteiger partial charge in [0.1, 0.15) is 0 Å². The molecule has 1 N–H and O–H groups in total. The van der Waals surface area contributed by atoms with E-state index >= 15 is 0 Å². The number of aromatic carboxylic acids is 1. The Kier molecular flexibility index (Phi) is 3.87. The molecule has 4 heteroatoms. The van der Waals surface area contributed by atoms with Crippen molar-refractivity contribution in [3.8, 4) is 6.07 Å². The first-order valence-electron chi connectivity index (χ1n) is 6.42. The third-order valence-electron chi connectivity index (χ3n) is 3.67. The molecule has 0 atom stereocenters. The van der Waals surface area contributed by atoms with Crippen molar-refractivity contribution in [3.63, 3.8) is 0 Å². The molecule has 19 heavy (non-hydrogen) atoms. The SMILES string of the molecule is CN(Cc1ccc(C(=O)O)cc1)CC1(CC#N)CC1. The molecule has 0 amide bonds. The largest absolute Gasteiger partial charge is 0.478 e. The number of carboxylic acids is 1. The summed E-state index contributed by atoms with van der Waals surface area (Å²) in [4.78, 5) is 13.0. The van der Waals surface area contributed by atoms with E-state index in [1.54, 1.807) is 12.1 Å². The quantitative estimate of drug-likeness (QED) is 0.851. The van der Waals surface area contributed by atoms with Crippen LogP contribution in [-0.2, 0) is 6.54 Å². The fraction of sp³-hybridized carbons (Fsp3) is 0.467. The Morgan fingerprint density at radius 3 is 2.53 bits per heavy atom. The first-order chi connectivity index (χ1) is 9.04. The third-order valence-corrected chi connectivity index (χ3v) is 3.67. The summed E-state index contributed by atoms with van der Waals surface area (Å²) in [5, 5.41) is 17.6. The third kappa shape index (κ3) is 3.55. The zero-order valence-corrected chi connectivity index (χ0v) is 11.1. The molecular weight excluding hydrogens is 240 g/mol. The number of rotatable bonds is 6. The van der Waals surface area contributed by atoms with E-state index in [1.165, 1.54) is 0 Å². The average molecular weight is 258 g/mol. The lowest BCUT2D eigenvalue weighted by Crippen LogP contribution is -2.26. The normalized spacial score (nSPS) is 16.1. The molecule has 1 aromatic rings. The second-order valence-electron chi connectivity index (χ2n) is 5.51. The van der Waals surface area contributed by atoms with Crippen molar-refractivity contribution in [2.24, 2.45) is 5.41 Å². The molecule has 1 aliphatic rings. The van der Waals surface area contributed by atoms with Crippen LogP contribution >= 0.6 is 0 Å². The summed E-state index contributed by atoms with van der Waals surface area (Å²) in [5.41, 5.74) is 1.62. The van der Waals surface area contributed by atoms with Crippen molar-refractivity contribution in [2.75, 3.05) is 13.6 Å². The highest BCUT2D eigenvalue weighted by molar-refractivity contribution is 5.87. The highest BCUT2D eigenvalue weighted by Crippen LogP contribution is 2.49. The van der Waals surface area contributed by atoms with Crippen LogP contribution in [0, 0.1) is 16.7 Å². The molecule has 0 bridgehead atoms. The minimum Gasteiger partial charge on any atom is -0.478 e. The van der Waals surface area contributed by atoms with E-state index in [4.69, 9.17) is 10.4 Å². The highest BCUT2D eigenvalue weighted by Gasteiger charge is 2.42. The lowest BCUT2D eigenvalue weighted by molar-refractivity contribution is 0.0697. The second kappa shape index (κ2) is 5.41. The molecule has 2 rings (SSSR count). The van der Waals surface area contributed by atoms with Crippen LogP contribution in [0.4, 0.5) is 0 Å². The van der Waals surface area contributed by atoms with Crippen molar-refractivity contribution in [3.05, 3.63) is 35.4 Å². The number of carbonyl (C=O) groups is 1. The van der Waals surface area contributed by atoms with Crippen LogP contribution in [0.1, 0.15) is 35.2 Å². The van der Waals surface area contributed by atoms with Gasteiger partial charge >= 0.3 is 5.97 Å². The van der Waals surface area contributed by atoms with Crippen LogP contribution < -0.4 is 0 Å². The van der Waals surface area contributed by atoms with Crippen LogP contribution in [-0.4, -0.2) is 29.6 Å². The van der Waals surface area contributed by atoms with Gasteiger partial charge in [-0.2, -0.15) is 5.26 Å². The van der Waals surface area contributed by atoms with Gasteiger partial charge in [0.2, 0.25) is 0 Å². The Morgan fingerprint density at radius 1 is 1.42 bits per heavy atom. The van der Waals surface area contributed by atoms with Gasteiger partial charge in [0.25, 0.3) is 0 Å². The summed E-state index contributed by atoms with van der Waals surface area (Å²) >= 11 is 0. The molecule has 0 aliphatic heterocycles. The highest BCUT2D eigenvalue weighted by atomic mass is 16.4. The Morgan fingerprint density at radius 2 is 2.05 bits per heavy atom. The van der Waals surface area contributed by atoms with E-state index in [0.717, 1.165) is 31.5 Å². The topological polar surface area (TPSA) is 64.3 Å². The molecule has 1 saturated carbocycles. The molecule has 0 radical (unpaired) electrons. The number of benzene rings is 1. The Labute approximate surface area is 113 Å². The molecule has 1 aliphatic carbocycles. The Bertz CT molecular complexity index is 498. The van der Waals surface area contributed by atoms with Gasteiger partial charge in [0.05, 0.1) is 11.6 Å². The van der Waals surface area contributed by atoms with Gasteiger partial charge in [-0.1, -0.05) is 12.1 Å². The zero-order chi connectivity index (χ0) is 13.9. The van der Waals surface area contributed by atoms with Crippen molar-refractivity contribution in [1.82, 2.24) is 4.90 Å². The summed E-state index contributed by atoms with van der Waals surface area (Å²) in [6.45, 7) is 1.72. The smallest absolute Gasteiger partial charge is 0.335 e. The minimum absolute atomic E-state index is 0.213. The lowest BCUT2D eigenvalue weighted by Gasteiger charge is -2.22. The van der Waals surface area contributed by atoms with Gasteiger partial charge in [-0.3, -0.25) is 0 Å². The van der Waals surface area contributed by atoms with E-state index in [-0.39, 0.29) is 5.41 Å². The van der Waals surface area contributed by atoms with Crippen molar-refractivity contribution in [1.29, 1.82) is 5.26 Å². The summed E-state index contributed by atoms with van der Waals surface area (Å²) in [6, 6.07) is 9.23. The van der Waals surface area contributed by atoms with Crippen molar-refractivity contribution in [2.45, 2.75) is 25.8 Å². The molecule has 100 valence electrons. The van der Waals surface area contributed by atoms with Gasteiger partial charge in [-0.05, 0) is 43.0 Å². The van der Waals surface area contributed by atoms with E-state index < -0.39 is 5.97 Å². The van der Waals surface area contributed by atoms with Gasteiger partial charge in [0, 0.05) is 19.5 Å². The van der Waals surface area contributed by atoms with E-state index in [2.05, 4.69) is 11.0 Å². The maximum absolute atomic E-state index is 10.8. The summed E-state index contributed by atoms with van der Waals surface area (Å²) in [7, 11) is 2.04. The first-order valence-corrected chi connectivity index (χ1v) is 6.42. The van der Waals surface area contributed by atoms with Crippen LogP contribution in [0.25, 0.3) is 0 Å². The summed E-state index contributed by atoms with van der Waals surface area (Å²) in [6.07, 6.45) is 2.92. The number of carboxylic acid groups (broad SMARTS) is 1. The molecule has 0 aromatic heterocycles. The van der Waals surface area contributed by atoms with Crippen LogP contribution in [0.2, 0.25) is 0 Å². The molecule has 1 fully saturated rings. The molecule has 0 saturated heterocycles. The van der Waals surface area contributed by atoms with Crippen LogP contribution in [0.5, 0.6) is 0 Å². The Hall–Kier alpha value is -1.86. The monoisotopic (exact) mass is 258 g/mol. The maximum atomic E-state index is 10.8. The van der Waals surface area contributed by atoms with Crippen LogP contribution in [0.3, 0.4) is 0 Å². The molecule has 1 aromatic carbocycles. The molecule has 0 heterocycles. The number of hydrogen-bond donors (Lipinski definition) is 1. The second-order valence-corrected chi connectivity index (χ2v) is 5.51. The number of hydrogen-bond acceptors (Lipinski definition) is 3. The Balaban J connectivity index is 1.90. The summed E-state index contributed by atoms with van der Waals surface area (Å²) in [5.74, 6) is -0.897. The lowest BCUT2D eigenvalue weighted by atomic mass is 10.0. The molecule has 0 unspecified atom stereocenters. The maximum Gasteiger partial charge on any atom is 0.335 e. The van der Waals surface area contributed by atoms with Crippen molar-refractivity contribution >= 4 is 5.97 Å². The van der Waals surface area contributed by atoms with E-state index in [9.17, 15) is 4.79 Å². The van der Waals surface area contributed by atoms with Crippen LogP contribution in [0.15, 0.2) is 24.3 Å². The molecular formula is C15H18N2O2. The zero-order valence-electron chi connectivity index (χ0n) is 11.1. The summed E-state index contributed by atoms with van der Waals surface area (Å²) < 4.78 is 0. The van der Waals surface area contributed by atoms with E-state index in [0.29, 0.717) is 12.0 Å². The van der Waals surface area contributed by atoms with Gasteiger partial charge in [0.15, 0.2) is 0 Å². The predicted octanol–water partition coefficient (Wildman–Crippen LogP) is 2.51. The van der Waals surface area contributed by atoms with Gasteiger partial charge in [-0.15, -0.1) is 0 Å². The molecule has 4 nitrogen and oxygen atoms in total. The van der Waals surface area contributed by atoms with E-state index in [1.807, 2.05) is 19.2 Å². The fourth-order valence-corrected chi connectivity index (χ4v) is 2.43. The molecule has 0 spiro atoms. The average Bonchev–Trinajstić information content (AvgIpc) is 3.09. The number of nitrogens with zero attached hydrogens (tertiary/aromatic N) is 2. The van der Waals surface area contributed by atoms with Gasteiger partial charge in [-0.25, -0.2) is 4.79 Å².